The monoisotopic (exact) mass is 194 g/mol. The molecular formula is C6H10O7. The van der Waals surface area contributed by atoms with Crippen molar-refractivity contribution in [2.45, 2.75) is 20.8 Å². The van der Waals surface area contributed by atoms with E-state index in [-0.39, 0.29) is 0 Å². The van der Waals surface area contributed by atoms with Gasteiger partial charge in [-0.1, -0.05) is 0 Å². The molecule has 0 bridgehead atoms. The maximum absolute atomic E-state index is 9.85. The average molecular weight is 194 g/mol. The molecule has 0 fully saturated rings. The quantitative estimate of drug-likeness (QED) is 0.429. The fraction of sp³-hybridized carbons (Fsp3) is 0.500. The maximum atomic E-state index is 9.85. The fourth-order valence-electron chi connectivity index (χ4n) is 0.117. The summed E-state index contributed by atoms with van der Waals surface area (Å²) in [6.07, 6.45) is 0. The topological polar surface area (TPSA) is 99.1 Å². The molecule has 0 aromatic rings. The van der Waals surface area contributed by atoms with Crippen molar-refractivity contribution in [3.63, 3.8) is 0 Å². The first-order valence-electron chi connectivity index (χ1n) is 3.07. The standard InChI is InChI=1S/C4H6O4.C2H4O3/c1-3(5)7-8-4(2)6;1-2(3)5-4/h1-2H3;4H,1H3. The van der Waals surface area contributed by atoms with E-state index in [1.807, 2.05) is 0 Å². The molecule has 0 atom stereocenters. The van der Waals surface area contributed by atoms with Crippen LogP contribution in [0, 0.1) is 0 Å². The van der Waals surface area contributed by atoms with Crippen molar-refractivity contribution in [3.8, 4) is 0 Å². The average Bonchev–Trinajstić information content (AvgIpc) is 2.02. The Labute approximate surface area is 74.0 Å². The van der Waals surface area contributed by atoms with Crippen LogP contribution in [0.1, 0.15) is 20.8 Å². The van der Waals surface area contributed by atoms with Crippen LogP contribution in [0.15, 0.2) is 0 Å². The lowest BCUT2D eigenvalue weighted by atomic mass is 10.8. The first-order chi connectivity index (χ1) is 5.90. The summed E-state index contributed by atoms with van der Waals surface area (Å²) in [7, 11) is 0. The smallest absolute Gasteiger partial charge is 0.301 e. The van der Waals surface area contributed by atoms with Crippen LogP contribution in [0.25, 0.3) is 0 Å². The van der Waals surface area contributed by atoms with Crippen LogP contribution in [0.3, 0.4) is 0 Å². The zero-order chi connectivity index (χ0) is 10.9. The Kier molecular flexibility index (Phi) is 9.07. The van der Waals surface area contributed by atoms with E-state index in [1.165, 1.54) is 0 Å². The molecule has 0 saturated heterocycles. The van der Waals surface area contributed by atoms with Crippen LogP contribution in [-0.4, -0.2) is 23.2 Å². The minimum atomic E-state index is -0.690. The van der Waals surface area contributed by atoms with Gasteiger partial charge in [-0.2, -0.15) is 5.26 Å². The lowest BCUT2D eigenvalue weighted by Gasteiger charge is -1.93. The van der Waals surface area contributed by atoms with Gasteiger partial charge >= 0.3 is 17.9 Å². The molecule has 0 aliphatic rings. The van der Waals surface area contributed by atoms with E-state index < -0.39 is 17.9 Å². The van der Waals surface area contributed by atoms with E-state index >= 15 is 0 Å². The normalized spacial score (nSPS) is 7.38. The molecular weight excluding hydrogens is 184 g/mol. The van der Waals surface area contributed by atoms with Gasteiger partial charge in [-0.15, -0.1) is 0 Å². The first kappa shape index (κ1) is 13.9. The predicted octanol–water partition coefficient (Wildman–Crippen LogP) is 0.0501. The first-order valence-corrected chi connectivity index (χ1v) is 3.07. The van der Waals surface area contributed by atoms with Crippen molar-refractivity contribution >= 4 is 17.9 Å². The molecule has 0 unspecified atom stereocenters. The molecule has 1 N–H and O–H groups in total. The van der Waals surface area contributed by atoms with Gasteiger partial charge in [-0.05, 0) is 0 Å². The summed E-state index contributed by atoms with van der Waals surface area (Å²) in [6, 6.07) is 0. The van der Waals surface area contributed by atoms with Gasteiger partial charge in [-0.3, -0.25) is 0 Å². The minimum absolute atomic E-state index is 0.639. The lowest BCUT2D eigenvalue weighted by molar-refractivity contribution is -0.255. The third kappa shape index (κ3) is 25.2. The van der Waals surface area contributed by atoms with Gasteiger partial charge < -0.3 is 4.89 Å². The highest BCUT2D eigenvalue weighted by molar-refractivity contribution is 5.69. The molecule has 13 heavy (non-hydrogen) atoms. The molecule has 0 rings (SSSR count). The second-order valence-corrected chi connectivity index (χ2v) is 1.73. The molecule has 0 aliphatic carbocycles. The molecule has 0 aromatic heterocycles. The van der Waals surface area contributed by atoms with Crippen molar-refractivity contribution in [1.29, 1.82) is 0 Å². The summed E-state index contributed by atoms with van der Waals surface area (Å²) in [5, 5.41) is 7.29. The van der Waals surface area contributed by atoms with Crippen LogP contribution in [0.2, 0.25) is 0 Å². The number of rotatable bonds is 0. The maximum Gasteiger partial charge on any atom is 0.352 e. The van der Waals surface area contributed by atoms with Gasteiger partial charge in [0.25, 0.3) is 0 Å². The van der Waals surface area contributed by atoms with Crippen LogP contribution in [0.5, 0.6) is 0 Å². The predicted molar refractivity (Wildman–Crippen MR) is 37.9 cm³/mol. The Hall–Kier alpha value is -1.63. The minimum Gasteiger partial charge on any atom is -0.301 e. The molecule has 7 nitrogen and oxygen atoms in total. The summed E-state index contributed by atoms with van der Waals surface area (Å²) in [4.78, 5) is 39.8. The Morgan fingerprint density at radius 3 is 1.15 bits per heavy atom. The van der Waals surface area contributed by atoms with Crippen molar-refractivity contribution in [1.82, 2.24) is 0 Å². The molecule has 0 radical (unpaired) electrons. The van der Waals surface area contributed by atoms with E-state index in [9.17, 15) is 14.4 Å². The molecule has 0 aromatic carbocycles. The fourth-order valence-corrected chi connectivity index (χ4v) is 0.117. The Morgan fingerprint density at radius 1 is 0.846 bits per heavy atom. The van der Waals surface area contributed by atoms with E-state index in [2.05, 4.69) is 14.7 Å². The Morgan fingerprint density at radius 2 is 1.08 bits per heavy atom. The highest BCUT2D eigenvalue weighted by Gasteiger charge is 1.95. The third-order valence-corrected chi connectivity index (χ3v) is 0.405. The molecule has 7 heteroatoms. The van der Waals surface area contributed by atoms with Gasteiger partial charge in [0.15, 0.2) is 0 Å². The largest absolute Gasteiger partial charge is 0.352 e. The van der Waals surface area contributed by atoms with Gasteiger partial charge in [0.05, 0.1) is 0 Å². The van der Waals surface area contributed by atoms with Crippen LogP contribution in [0.4, 0.5) is 0 Å². The summed E-state index contributed by atoms with van der Waals surface area (Å²) in [6.45, 7) is 3.39. The lowest BCUT2D eigenvalue weighted by Crippen LogP contribution is -2.03. The molecule has 0 amide bonds. The summed E-state index contributed by atoms with van der Waals surface area (Å²) >= 11 is 0. The summed E-state index contributed by atoms with van der Waals surface area (Å²) < 4.78 is 0. The number of carbonyl (C=O) groups is 3. The Bertz CT molecular complexity index is 171. The zero-order valence-electron chi connectivity index (χ0n) is 7.40. The molecule has 0 saturated carbocycles. The van der Waals surface area contributed by atoms with Crippen molar-refractivity contribution in [3.05, 3.63) is 0 Å². The van der Waals surface area contributed by atoms with Crippen LogP contribution >= 0.6 is 0 Å². The Balaban J connectivity index is 0. The van der Waals surface area contributed by atoms with Gasteiger partial charge in [0.2, 0.25) is 0 Å². The molecule has 0 aliphatic heterocycles. The van der Waals surface area contributed by atoms with Crippen molar-refractivity contribution in [2.75, 3.05) is 0 Å². The second kappa shape index (κ2) is 8.47. The van der Waals surface area contributed by atoms with Gasteiger partial charge in [0.1, 0.15) is 0 Å². The summed E-state index contributed by atoms with van der Waals surface area (Å²) in [5.74, 6) is -1.97. The van der Waals surface area contributed by atoms with E-state index in [0.717, 1.165) is 20.8 Å². The van der Waals surface area contributed by atoms with Crippen molar-refractivity contribution in [2.24, 2.45) is 0 Å². The van der Waals surface area contributed by atoms with Gasteiger partial charge in [0, 0.05) is 20.8 Å². The number of carbonyl (C=O) groups excluding carboxylic acids is 3. The van der Waals surface area contributed by atoms with E-state index in [4.69, 9.17) is 5.26 Å². The SMILES string of the molecule is CC(=O)OO.CC(=O)OOC(C)=O. The third-order valence-electron chi connectivity index (χ3n) is 0.405. The van der Waals surface area contributed by atoms with E-state index in [0.29, 0.717) is 0 Å². The molecule has 0 heterocycles. The summed E-state index contributed by atoms with van der Waals surface area (Å²) in [5.41, 5.74) is 0. The van der Waals surface area contributed by atoms with Crippen LogP contribution < -0.4 is 0 Å². The van der Waals surface area contributed by atoms with Crippen LogP contribution in [-0.2, 0) is 29.0 Å². The number of hydrogen-bond acceptors (Lipinski definition) is 7. The van der Waals surface area contributed by atoms with E-state index in [1.54, 1.807) is 0 Å². The van der Waals surface area contributed by atoms with Crippen molar-refractivity contribution < 1.29 is 34.3 Å². The van der Waals surface area contributed by atoms with Gasteiger partial charge in [-0.25, -0.2) is 24.2 Å². The number of hydrogen-bond donors (Lipinski definition) is 1. The second-order valence-electron chi connectivity index (χ2n) is 1.73. The molecule has 0 spiro atoms. The molecule has 76 valence electrons. The zero-order valence-corrected chi connectivity index (χ0v) is 7.40. The highest BCUT2D eigenvalue weighted by Crippen LogP contribution is 1.78. The highest BCUT2D eigenvalue weighted by atomic mass is 17.2.